The van der Waals surface area contributed by atoms with Crippen LogP contribution in [0, 0.1) is 23.7 Å². The van der Waals surface area contributed by atoms with E-state index in [0.29, 0.717) is 24.4 Å². The summed E-state index contributed by atoms with van der Waals surface area (Å²) in [5.74, 6) is 0.631. The van der Waals surface area contributed by atoms with E-state index >= 15 is 0 Å². The first kappa shape index (κ1) is 45.8. The average molecular weight is 692 g/mol. The Balaban J connectivity index is 0. The molecule has 0 bridgehead atoms. The fourth-order valence-corrected chi connectivity index (χ4v) is 5.77. The molecule has 7 N–H and O–H groups in total. The minimum Gasteiger partial charge on any atom is -0.369 e. The van der Waals surface area contributed by atoms with Crippen molar-refractivity contribution >= 4 is 59.0 Å². The fraction of sp³-hybridized carbons (Fsp3) is 0.812. The van der Waals surface area contributed by atoms with Crippen LogP contribution in [0.15, 0.2) is 0 Å². The lowest BCUT2D eigenvalue weighted by atomic mass is 9.92. The number of thioether (sulfide) groups is 2. The zero-order chi connectivity index (χ0) is 35.5. The highest BCUT2D eigenvalue weighted by Gasteiger charge is 2.35. The van der Waals surface area contributed by atoms with Crippen molar-refractivity contribution in [1.29, 1.82) is 0 Å². The van der Waals surface area contributed by atoms with Gasteiger partial charge in [0.15, 0.2) is 0 Å². The number of nitrogens with one attached hydrogen (secondary N) is 1. The number of rotatable bonds is 22. The van der Waals surface area contributed by atoms with Gasteiger partial charge in [0.1, 0.15) is 0 Å². The van der Waals surface area contributed by atoms with E-state index in [0.717, 1.165) is 30.2 Å². The second-order valence-electron chi connectivity index (χ2n) is 11.3. The van der Waals surface area contributed by atoms with Crippen molar-refractivity contribution in [2.75, 3.05) is 36.1 Å². The minimum atomic E-state index is -0.681. The number of hydroxylamine groups is 2. The van der Waals surface area contributed by atoms with Gasteiger partial charge in [0.25, 0.3) is 11.8 Å². The molecule has 0 spiro atoms. The van der Waals surface area contributed by atoms with Crippen LogP contribution in [0.3, 0.4) is 0 Å². The van der Waals surface area contributed by atoms with Gasteiger partial charge in [-0.1, -0.05) is 54.4 Å². The maximum Gasteiger partial charge on any atom is 0.336 e. The van der Waals surface area contributed by atoms with Gasteiger partial charge < -0.3 is 27.4 Å². The molecule has 5 amide bonds. The zero-order valence-corrected chi connectivity index (χ0v) is 30.6. The van der Waals surface area contributed by atoms with Crippen molar-refractivity contribution in [2.24, 2.45) is 40.9 Å². The number of nitrogens with two attached hydrogens (primary N) is 3. The van der Waals surface area contributed by atoms with Crippen LogP contribution in [0.4, 0.5) is 0 Å². The minimum absolute atomic E-state index is 0.0479. The zero-order valence-electron chi connectivity index (χ0n) is 29.0. The van der Waals surface area contributed by atoms with Crippen LogP contribution in [0.5, 0.6) is 0 Å². The highest BCUT2D eigenvalue weighted by atomic mass is 32.2. The Morgan fingerprint density at radius 3 is 1.65 bits per heavy atom. The summed E-state index contributed by atoms with van der Waals surface area (Å²) in [6.45, 7) is 13.0. The number of hydrogen-bond donors (Lipinski definition) is 4. The van der Waals surface area contributed by atoms with E-state index in [4.69, 9.17) is 22.0 Å². The van der Waals surface area contributed by atoms with Gasteiger partial charge in [-0.3, -0.25) is 24.0 Å². The number of carbonyl (C=O) groups is 6. The molecule has 268 valence electrons. The third-order valence-electron chi connectivity index (χ3n) is 7.22. The summed E-state index contributed by atoms with van der Waals surface area (Å²) in [7, 11) is 0. The maximum atomic E-state index is 11.9. The van der Waals surface area contributed by atoms with Crippen LogP contribution in [-0.2, 0) is 33.6 Å². The standard InChI is InChI=1S/C14H28N2O2S.C12H18N2O5.C6H15NS/c1-4-6-8-19-9-7-16-14(18)12(5-2)10-11(3)13(15)17;1-3-8(6-7(2)11(13)17)12(18)19-14-9(15)4-5-10(14)16;1-2-3-5-8-6-4-7/h11-12H,4-10H2,1-3H3,(H2,15,17)(H,16,18);7-8H,3-6H2,1-2H3,(H2,13,17);2-7H2,1H3. The largest absolute Gasteiger partial charge is 0.369 e. The van der Waals surface area contributed by atoms with Gasteiger partial charge in [-0.2, -0.15) is 23.5 Å². The molecule has 0 aromatic carbocycles. The van der Waals surface area contributed by atoms with Crippen LogP contribution >= 0.6 is 23.5 Å². The van der Waals surface area contributed by atoms with Crippen molar-refractivity contribution < 1.29 is 33.6 Å². The first-order valence-corrected chi connectivity index (χ1v) is 18.9. The number of nitrogens with zero attached hydrogens (tertiary/aromatic N) is 1. The van der Waals surface area contributed by atoms with Gasteiger partial charge in [-0.25, -0.2) is 4.79 Å². The lowest BCUT2D eigenvalue weighted by molar-refractivity contribution is -0.201. The first-order chi connectivity index (χ1) is 21.8. The SMILES string of the molecule is CCC(CC(C)C(N)=O)C(=O)ON1C(=O)CCC1=O.CCCCSCCN.CCCCSCCNC(=O)C(CC)CC(C)C(N)=O. The third kappa shape index (κ3) is 22.2. The third-order valence-corrected chi connectivity index (χ3v) is 9.39. The smallest absolute Gasteiger partial charge is 0.336 e. The molecule has 0 aromatic heterocycles. The van der Waals surface area contributed by atoms with Gasteiger partial charge in [0.2, 0.25) is 17.7 Å². The van der Waals surface area contributed by atoms with E-state index in [1.54, 1.807) is 20.8 Å². The number of unbranched alkanes of at least 4 members (excludes halogenated alkanes) is 2. The van der Waals surface area contributed by atoms with E-state index in [1.807, 2.05) is 30.4 Å². The van der Waals surface area contributed by atoms with Gasteiger partial charge in [-0.15, -0.1) is 5.06 Å². The maximum absolute atomic E-state index is 11.9. The summed E-state index contributed by atoms with van der Waals surface area (Å²) in [5, 5.41) is 3.46. The van der Waals surface area contributed by atoms with Gasteiger partial charge in [-0.05, 0) is 50.0 Å². The number of hydrogen-bond acceptors (Lipinski definition) is 10. The van der Waals surface area contributed by atoms with Crippen molar-refractivity contribution in [3.8, 4) is 0 Å². The molecule has 14 heteroatoms. The predicted molar refractivity (Wildman–Crippen MR) is 187 cm³/mol. The fourth-order valence-electron chi connectivity index (χ4n) is 3.97. The van der Waals surface area contributed by atoms with Crippen molar-refractivity contribution in [2.45, 2.75) is 106 Å². The molecule has 4 atom stereocenters. The van der Waals surface area contributed by atoms with Crippen molar-refractivity contribution in [1.82, 2.24) is 10.4 Å². The van der Waals surface area contributed by atoms with Gasteiger partial charge in [0.05, 0.1) is 5.92 Å². The highest BCUT2D eigenvalue weighted by Crippen LogP contribution is 2.20. The average Bonchev–Trinajstić information content (AvgIpc) is 3.34. The van der Waals surface area contributed by atoms with Gasteiger partial charge >= 0.3 is 5.97 Å². The van der Waals surface area contributed by atoms with E-state index in [9.17, 15) is 28.8 Å². The Labute approximate surface area is 285 Å². The van der Waals surface area contributed by atoms with E-state index in [-0.39, 0.29) is 42.9 Å². The van der Waals surface area contributed by atoms with Crippen LogP contribution in [0.1, 0.15) is 106 Å². The number of primary amides is 2. The number of carbonyl (C=O) groups excluding carboxylic acids is 6. The molecule has 12 nitrogen and oxygen atoms in total. The lowest BCUT2D eigenvalue weighted by Gasteiger charge is -2.19. The molecule has 1 heterocycles. The molecule has 46 heavy (non-hydrogen) atoms. The summed E-state index contributed by atoms with van der Waals surface area (Å²) in [6, 6.07) is 0. The van der Waals surface area contributed by atoms with Crippen LogP contribution in [0.2, 0.25) is 0 Å². The summed E-state index contributed by atoms with van der Waals surface area (Å²) in [4.78, 5) is 73.2. The second kappa shape index (κ2) is 28.9. The monoisotopic (exact) mass is 691 g/mol. The Morgan fingerprint density at radius 1 is 0.783 bits per heavy atom. The quantitative estimate of drug-likeness (QED) is 0.0955. The van der Waals surface area contributed by atoms with Crippen molar-refractivity contribution in [3.05, 3.63) is 0 Å². The molecule has 0 aromatic rings. The highest BCUT2D eigenvalue weighted by molar-refractivity contribution is 7.99. The predicted octanol–water partition coefficient (Wildman–Crippen LogP) is 3.78. The summed E-state index contributed by atoms with van der Waals surface area (Å²) >= 11 is 3.82. The second-order valence-corrected chi connectivity index (χ2v) is 13.7. The van der Waals surface area contributed by atoms with Gasteiger partial charge in [0, 0.05) is 55.2 Å². The number of imide groups is 1. The molecule has 1 rings (SSSR count). The molecule has 1 fully saturated rings. The Kier molecular flexibility index (Phi) is 28.7. The van der Waals surface area contributed by atoms with Crippen molar-refractivity contribution in [3.63, 3.8) is 0 Å². The number of amides is 5. The Hall–Kier alpha value is -2.32. The lowest BCUT2D eigenvalue weighted by Crippen LogP contribution is -2.35. The first-order valence-electron chi connectivity index (χ1n) is 16.6. The topological polar surface area (TPSA) is 205 Å². The molecule has 4 unspecified atom stereocenters. The summed E-state index contributed by atoms with van der Waals surface area (Å²) in [5.41, 5.74) is 15.7. The van der Waals surface area contributed by atoms with Crippen LogP contribution in [-0.4, -0.2) is 76.7 Å². The molecular weight excluding hydrogens is 631 g/mol. The van der Waals surface area contributed by atoms with E-state index in [1.165, 1.54) is 31.4 Å². The molecule has 0 saturated carbocycles. The van der Waals surface area contributed by atoms with Crippen LogP contribution in [0.25, 0.3) is 0 Å². The Morgan fingerprint density at radius 2 is 1.24 bits per heavy atom. The molecule has 1 saturated heterocycles. The normalized spacial score (nSPS) is 15.0. The molecule has 0 aliphatic carbocycles. The molecule has 1 aliphatic heterocycles. The summed E-state index contributed by atoms with van der Waals surface area (Å²) in [6.07, 6.45) is 7.15. The molecular formula is C32H61N5O7S2. The molecule has 1 aliphatic rings. The van der Waals surface area contributed by atoms with E-state index < -0.39 is 35.5 Å². The van der Waals surface area contributed by atoms with Crippen LogP contribution < -0.4 is 22.5 Å². The Bertz CT molecular complexity index is 888. The molecule has 0 radical (unpaired) electrons. The summed E-state index contributed by atoms with van der Waals surface area (Å²) < 4.78 is 0. The van der Waals surface area contributed by atoms with E-state index in [2.05, 4.69) is 19.2 Å².